The molecule has 1 unspecified atom stereocenters. The zero-order chi connectivity index (χ0) is 7.11. The molecule has 0 aliphatic carbocycles. The Morgan fingerprint density at radius 1 is 1.67 bits per heavy atom. The molecule has 0 fully saturated rings. The number of hydrogen-bond acceptors (Lipinski definition) is 1. The molecule has 0 aromatic rings. The smallest absolute Gasteiger partial charge is 0.134 e. The zero-order valence-electron chi connectivity index (χ0n) is 6.11. The summed E-state index contributed by atoms with van der Waals surface area (Å²) in [4.78, 5) is 0. The Morgan fingerprint density at radius 3 is 2.78 bits per heavy atom. The van der Waals surface area contributed by atoms with E-state index < -0.39 is 0 Å². The quantitative estimate of drug-likeness (QED) is 0.467. The fraction of sp³-hybridized carbons (Fsp3) is 0.857. The van der Waals surface area contributed by atoms with Crippen molar-refractivity contribution < 1.29 is 0 Å². The summed E-state index contributed by atoms with van der Waals surface area (Å²) in [7, 11) is 0. The summed E-state index contributed by atoms with van der Waals surface area (Å²) in [6.45, 7) is 5.37. The van der Waals surface area contributed by atoms with Gasteiger partial charge in [-0.3, -0.25) is 0 Å². The van der Waals surface area contributed by atoms with E-state index in [2.05, 4.69) is 36.9 Å². The van der Waals surface area contributed by atoms with Gasteiger partial charge >= 0.3 is 0 Å². The molecule has 1 nitrogen and oxygen atoms in total. The molecule has 9 heavy (non-hydrogen) atoms. The van der Waals surface area contributed by atoms with Crippen LogP contribution in [0.25, 0.3) is 0 Å². The molecule has 53 valence electrons. The number of nitrogens with one attached hydrogen (secondary N) is 1. The summed E-state index contributed by atoms with van der Waals surface area (Å²) in [5.41, 5.74) is 2.49. The molecule has 0 saturated carbocycles. The molecule has 1 N–H and O–H groups in total. The van der Waals surface area contributed by atoms with Crippen molar-refractivity contribution in [1.82, 2.24) is 5.32 Å². The second-order valence-corrected chi connectivity index (χ2v) is 2.58. The molecule has 1 atom stereocenters. The molecular weight excluding hydrogens is 130 g/mol. The Hall–Kier alpha value is -0.110. The van der Waals surface area contributed by atoms with Crippen LogP contribution in [0.2, 0.25) is 0 Å². The summed E-state index contributed by atoms with van der Waals surface area (Å²) in [6, 6.07) is 0. The highest BCUT2D eigenvalue weighted by atomic mass is 32.1. The SMILES string of the molecule is CCCC(C)CN[C]=S. The Bertz CT molecular complexity index is 73.3. The van der Waals surface area contributed by atoms with E-state index in [0.717, 1.165) is 12.5 Å². The minimum Gasteiger partial charge on any atom is -0.374 e. The van der Waals surface area contributed by atoms with Gasteiger partial charge in [-0.25, -0.2) is 0 Å². The molecule has 0 heterocycles. The van der Waals surface area contributed by atoms with Crippen LogP contribution in [-0.4, -0.2) is 12.0 Å². The summed E-state index contributed by atoms with van der Waals surface area (Å²) in [5.74, 6) is 0.727. The highest BCUT2D eigenvalue weighted by Gasteiger charge is 1.96. The van der Waals surface area contributed by atoms with Gasteiger partial charge in [0.1, 0.15) is 5.49 Å². The molecule has 0 aliphatic rings. The van der Waals surface area contributed by atoms with Gasteiger partial charge in [-0.15, -0.1) is 0 Å². The number of hydrogen-bond donors (Lipinski definition) is 1. The van der Waals surface area contributed by atoms with Crippen molar-refractivity contribution >= 4 is 17.7 Å². The fourth-order valence-corrected chi connectivity index (χ4v) is 0.894. The van der Waals surface area contributed by atoms with Crippen LogP contribution in [0, 0.1) is 5.92 Å². The monoisotopic (exact) mass is 144 g/mol. The molecular formula is C7H14NS. The van der Waals surface area contributed by atoms with Gasteiger partial charge < -0.3 is 5.32 Å². The molecule has 0 aliphatic heterocycles. The molecule has 0 aromatic carbocycles. The van der Waals surface area contributed by atoms with E-state index in [-0.39, 0.29) is 0 Å². The number of thiocarbonyl (C=S) groups is 1. The first kappa shape index (κ1) is 8.89. The Balaban J connectivity index is 3.04. The summed E-state index contributed by atoms with van der Waals surface area (Å²) < 4.78 is 0. The normalized spacial score (nSPS) is 12.7. The highest BCUT2D eigenvalue weighted by molar-refractivity contribution is 7.78. The Labute approximate surface area is 62.8 Å². The van der Waals surface area contributed by atoms with Gasteiger partial charge in [0, 0.05) is 6.54 Å². The van der Waals surface area contributed by atoms with Gasteiger partial charge in [0.2, 0.25) is 0 Å². The van der Waals surface area contributed by atoms with Crippen LogP contribution in [0.1, 0.15) is 26.7 Å². The van der Waals surface area contributed by atoms with Crippen molar-refractivity contribution in [3.63, 3.8) is 0 Å². The van der Waals surface area contributed by atoms with Crippen LogP contribution in [0.15, 0.2) is 0 Å². The van der Waals surface area contributed by atoms with Crippen LogP contribution >= 0.6 is 12.2 Å². The van der Waals surface area contributed by atoms with Crippen LogP contribution in [-0.2, 0) is 0 Å². The van der Waals surface area contributed by atoms with E-state index >= 15 is 0 Å². The minimum atomic E-state index is 0.727. The molecule has 0 spiro atoms. The molecule has 0 rings (SSSR count). The summed E-state index contributed by atoms with van der Waals surface area (Å²) in [6.07, 6.45) is 2.52. The first-order chi connectivity index (χ1) is 4.31. The topological polar surface area (TPSA) is 12.0 Å². The Kier molecular flexibility index (Phi) is 5.94. The van der Waals surface area contributed by atoms with Crippen LogP contribution in [0.5, 0.6) is 0 Å². The third-order valence-electron chi connectivity index (χ3n) is 1.30. The highest BCUT2D eigenvalue weighted by Crippen LogP contribution is 2.01. The van der Waals surface area contributed by atoms with Gasteiger partial charge in [-0.05, 0) is 12.3 Å². The van der Waals surface area contributed by atoms with E-state index in [9.17, 15) is 0 Å². The van der Waals surface area contributed by atoms with Crippen molar-refractivity contribution in [1.29, 1.82) is 0 Å². The van der Waals surface area contributed by atoms with E-state index in [1.54, 1.807) is 0 Å². The van der Waals surface area contributed by atoms with Gasteiger partial charge in [-0.1, -0.05) is 32.5 Å². The molecule has 0 aromatic heterocycles. The third-order valence-corrected chi connectivity index (χ3v) is 1.45. The van der Waals surface area contributed by atoms with Crippen molar-refractivity contribution in [2.45, 2.75) is 26.7 Å². The maximum atomic E-state index is 4.49. The molecule has 2 heteroatoms. The molecule has 1 radical (unpaired) electrons. The van der Waals surface area contributed by atoms with E-state index in [1.807, 2.05) is 0 Å². The lowest BCUT2D eigenvalue weighted by atomic mass is 10.1. The minimum absolute atomic E-state index is 0.727. The summed E-state index contributed by atoms with van der Waals surface area (Å²) >= 11 is 4.49. The molecule has 0 saturated heterocycles. The van der Waals surface area contributed by atoms with Gasteiger partial charge in [0.25, 0.3) is 0 Å². The second kappa shape index (κ2) is 6.02. The van der Waals surface area contributed by atoms with Crippen molar-refractivity contribution in [3.8, 4) is 0 Å². The van der Waals surface area contributed by atoms with E-state index in [4.69, 9.17) is 0 Å². The third kappa shape index (κ3) is 5.77. The lowest BCUT2D eigenvalue weighted by molar-refractivity contribution is 0.518. The van der Waals surface area contributed by atoms with Gasteiger partial charge in [0.05, 0.1) is 0 Å². The standard InChI is InChI=1S/C7H14NS/c1-3-4-7(2)5-8-6-9/h7H,3-5H2,1-2H3,(H,8,9). The maximum Gasteiger partial charge on any atom is 0.134 e. The average molecular weight is 144 g/mol. The van der Waals surface area contributed by atoms with Crippen LogP contribution in [0.3, 0.4) is 0 Å². The maximum absolute atomic E-state index is 4.49. The first-order valence-corrected chi connectivity index (χ1v) is 3.82. The van der Waals surface area contributed by atoms with Gasteiger partial charge in [-0.2, -0.15) is 0 Å². The average Bonchev–Trinajstić information content (AvgIpc) is 1.85. The van der Waals surface area contributed by atoms with Gasteiger partial charge in [0.15, 0.2) is 0 Å². The van der Waals surface area contributed by atoms with Crippen LogP contribution in [0.4, 0.5) is 0 Å². The lowest BCUT2D eigenvalue weighted by Gasteiger charge is -2.07. The van der Waals surface area contributed by atoms with Crippen molar-refractivity contribution in [2.24, 2.45) is 5.92 Å². The zero-order valence-corrected chi connectivity index (χ0v) is 6.92. The molecule has 0 amide bonds. The largest absolute Gasteiger partial charge is 0.374 e. The van der Waals surface area contributed by atoms with Crippen LogP contribution < -0.4 is 5.32 Å². The predicted molar refractivity (Wildman–Crippen MR) is 44.7 cm³/mol. The van der Waals surface area contributed by atoms with Crippen molar-refractivity contribution in [3.05, 3.63) is 0 Å². The number of rotatable bonds is 5. The molecule has 0 bridgehead atoms. The first-order valence-electron chi connectivity index (χ1n) is 3.41. The summed E-state index contributed by atoms with van der Waals surface area (Å²) in [5, 5.41) is 2.90. The fourth-order valence-electron chi connectivity index (χ4n) is 0.811. The Morgan fingerprint density at radius 2 is 2.33 bits per heavy atom. The van der Waals surface area contributed by atoms with E-state index in [1.165, 1.54) is 12.8 Å². The second-order valence-electron chi connectivity index (χ2n) is 2.38. The van der Waals surface area contributed by atoms with Crippen molar-refractivity contribution in [2.75, 3.05) is 6.54 Å². The van der Waals surface area contributed by atoms with E-state index in [0.29, 0.717) is 0 Å². The lowest BCUT2D eigenvalue weighted by Crippen LogP contribution is -2.18. The predicted octanol–water partition coefficient (Wildman–Crippen LogP) is 1.85.